The molecule has 1 atom stereocenters. The lowest BCUT2D eigenvalue weighted by molar-refractivity contribution is -0.138. The molecule has 0 amide bonds. The number of methoxy groups -OCH3 is 1. The molecule has 8 heteroatoms. The van der Waals surface area contributed by atoms with Crippen LogP contribution in [0, 0.1) is 0 Å². The first-order valence-corrected chi connectivity index (χ1v) is 7.35. The summed E-state index contributed by atoms with van der Waals surface area (Å²) < 4.78 is 31.0. The Morgan fingerprint density at radius 1 is 1.43 bits per heavy atom. The molecule has 0 aliphatic heterocycles. The number of sulfonamides is 1. The average Bonchev–Trinajstić information content (AvgIpc) is 2.45. The van der Waals surface area contributed by atoms with Crippen LogP contribution in [0.5, 0.6) is 0 Å². The summed E-state index contributed by atoms with van der Waals surface area (Å²) in [5, 5.41) is 8.97. The minimum Gasteiger partial charge on any atom is -0.480 e. The summed E-state index contributed by atoms with van der Waals surface area (Å²) in [7, 11) is -3.07. The number of hydrogen-bond donors (Lipinski definition) is 2. The molecule has 0 aliphatic carbocycles. The lowest BCUT2D eigenvalue weighted by Crippen LogP contribution is -2.40. The number of esters is 1. The van der Waals surface area contributed by atoms with Gasteiger partial charge in [0.15, 0.2) is 0 Å². The van der Waals surface area contributed by atoms with E-state index in [1.165, 1.54) is 30.3 Å². The molecule has 1 aromatic rings. The molecule has 1 rings (SSSR count). The van der Waals surface area contributed by atoms with Crippen molar-refractivity contribution in [3.8, 4) is 0 Å². The van der Waals surface area contributed by atoms with E-state index in [0.29, 0.717) is 0 Å². The SMILES string of the molecule is C=CCC(NS(=O)(=O)c1ccccc1C(=O)OC)C(=O)O. The maximum absolute atomic E-state index is 12.2. The Morgan fingerprint density at radius 3 is 2.57 bits per heavy atom. The lowest BCUT2D eigenvalue weighted by atomic mass is 10.2. The minimum absolute atomic E-state index is 0.0883. The molecule has 21 heavy (non-hydrogen) atoms. The third-order valence-electron chi connectivity index (χ3n) is 2.58. The second kappa shape index (κ2) is 7.00. The number of carboxylic acid groups (broad SMARTS) is 1. The monoisotopic (exact) mass is 313 g/mol. The summed E-state index contributed by atoms with van der Waals surface area (Å²) >= 11 is 0. The fraction of sp³-hybridized carbons (Fsp3) is 0.231. The molecule has 1 aromatic carbocycles. The molecule has 0 radical (unpaired) electrons. The average molecular weight is 313 g/mol. The zero-order chi connectivity index (χ0) is 16.0. The molecular weight excluding hydrogens is 298 g/mol. The predicted molar refractivity (Wildman–Crippen MR) is 74.3 cm³/mol. The normalized spacial score (nSPS) is 12.4. The molecule has 0 saturated carbocycles. The Hall–Kier alpha value is -2.19. The van der Waals surface area contributed by atoms with Crippen LogP contribution in [-0.2, 0) is 19.6 Å². The van der Waals surface area contributed by atoms with Crippen molar-refractivity contribution in [1.82, 2.24) is 4.72 Å². The highest BCUT2D eigenvalue weighted by Gasteiger charge is 2.28. The highest BCUT2D eigenvalue weighted by Crippen LogP contribution is 2.17. The van der Waals surface area contributed by atoms with Gasteiger partial charge in [0.1, 0.15) is 6.04 Å². The van der Waals surface area contributed by atoms with Gasteiger partial charge in [-0.15, -0.1) is 6.58 Å². The van der Waals surface area contributed by atoms with Gasteiger partial charge in [0.2, 0.25) is 10.0 Å². The van der Waals surface area contributed by atoms with Crippen LogP contribution in [0.2, 0.25) is 0 Å². The van der Waals surface area contributed by atoms with Gasteiger partial charge in [-0.3, -0.25) is 4.79 Å². The first-order chi connectivity index (χ1) is 9.83. The summed E-state index contributed by atoms with van der Waals surface area (Å²) in [6.07, 6.45) is 1.20. The zero-order valence-corrected chi connectivity index (χ0v) is 12.1. The van der Waals surface area contributed by atoms with E-state index in [-0.39, 0.29) is 16.9 Å². The second-order valence-corrected chi connectivity index (χ2v) is 5.71. The molecule has 0 heterocycles. The summed E-state index contributed by atoms with van der Waals surface area (Å²) in [4.78, 5) is 22.2. The molecule has 0 aliphatic rings. The molecule has 1 unspecified atom stereocenters. The van der Waals surface area contributed by atoms with Gasteiger partial charge < -0.3 is 9.84 Å². The molecule has 2 N–H and O–H groups in total. The smallest absolute Gasteiger partial charge is 0.339 e. The number of benzene rings is 1. The number of rotatable bonds is 7. The standard InChI is InChI=1S/C13H15NO6S/c1-3-6-10(12(15)16)14-21(18,19)11-8-5-4-7-9(11)13(17)20-2/h3-5,7-8,10,14H,1,6H2,2H3,(H,15,16). The third-order valence-corrected chi connectivity index (χ3v) is 4.11. The van der Waals surface area contributed by atoms with E-state index in [0.717, 1.165) is 7.11 Å². The number of nitrogens with one attached hydrogen (secondary N) is 1. The van der Waals surface area contributed by atoms with Gasteiger partial charge in [-0.2, -0.15) is 4.72 Å². The maximum atomic E-state index is 12.2. The molecule has 0 bridgehead atoms. The minimum atomic E-state index is -4.19. The van der Waals surface area contributed by atoms with Gasteiger partial charge in [-0.1, -0.05) is 18.2 Å². The highest BCUT2D eigenvalue weighted by molar-refractivity contribution is 7.89. The fourth-order valence-corrected chi connectivity index (χ4v) is 2.99. The van der Waals surface area contributed by atoms with Crippen molar-refractivity contribution in [2.75, 3.05) is 7.11 Å². The van der Waals surface area contributed by atoms with Crippen LogP contribution >= 0.6 is 0 Å². The largest absolute Gasteiger partial charge is 0.480 e. The second-order valence-electron chi connectivity index (χ2n) is 4.02. The Bertz CT molecular complexity index is 652. The van der Waals surface area contributed by atoms with Crippen molar-refractivity contribution in [3.63, 3.8) is 0 Å². The van der Waals surface area contributed by atoms with E-state index in [1.807, 2.05) is 4.72 Å². The lowest BCUT2D eigenvalue weighted by Gasteiger charge is -2.14. The van der Waals surface area contributed by atoms with E-state index < -0.39 is 28.0 Å². The maximum Gasteiger partial charge on any atom is 0.339 e. The zero-order valence-electron chi connectivity index (χ0n) is 11.3. The van der Waals surface area contributed by atoms with Crippen LogP contribution in [0.25, 0.3) is 0 Å². The number of carboxylic acids is 1. The van der Waals surface area contributed by atoms with Crippen LogP contribution in [0.1, 0.15) is 16.8 Å². The van der Waals surface area contributed by atoms with E-state index in [2.05, 4.69) is 11.3 Å². The number of carbonyl (C=O) groups excluding carboxylic acids is 1. The molecule has 0 spiro atoms. The summed E-state index contributed by atoms with van der Waals surface area (Å²) in [5.41, 5.74) is -0.171. The number of aliphatic carboxylic acids is 1. The first-order valence-electron chi connectivity index (χ1n) is 5.87. The number of hydrogen-bond acceptors (Lipinski definition) is 5. The quantitative estimate of drug-likeness (QED) is 0.568. The van der Waals surface area contributed by atoms with E-state index in [4.69, 9.17) is 5.11 Å². The molecule has 0 saturated heterocycles. The van der Waals surface area contributed by atoms with E-state index in [1.54, 1.807) is 0 Å². The summed E-state index contributed by atoms with van der Waals surface area (Å²) in [6.45, 7) is 3.37. The van der Waals surface area contributed by atoms with Gasteiger partial charge in [0, 0.05) is 0 Å². The fourth-order valence-electron chi connectivity index (χ4n) is 1.60. The van der Waals surface area contributed by atoms with Gasteiger partial charge in [-0.05, 0) is 18.6 Å². The van der Waals surface area contributed by atoms with Crippen molar-refractivity contribution in [2.45, 2.75) is 17.4 Å². The summed E-state index contributed by atoms with van der Waals surface area (Å²) in [6, 6.07) is 4.01. The third kappa shape index (κ3) is 4.14. The van der Waals surface area contributed by atoms with Crippen LogP contribution in [0.3, 0.4) is 0 Å². The molecule has 114 valence electrons. The predicted octanol–water partition coefficient (Wildman–Crippen LogP) is 0.781. The van der Waals surface area contributed by atoms with Gasteiger partial charge >= 0.3 is 11.9 Å². The van der Waals surface area contributed by atoms with Crippen molar-refractivity contribution in [2.24, 2.45) is 0 Å². The Kier molecular flexibility index (Phi) is 5.62. The highest BCUT2D eigenvalue weighted by atomic mass is 32.2. The van der Waals surface area contributed by atoms with Crippen LogP contribution < -0.4 is 4.72 Å². The van der Waals surface area contributed by atoms with Crippen molar-refractivity contribution in [3.05, 3.63) is 42.5 Å². The molecule has 7 nitrogen and oxygen atoms in total. The van der Waals surface area contributed by atoms with Gasteiger partial charge in [-0.25, -0.2) is 13.2 Å². The van der Waals surface area contributed by atoms with Gasteiger partial charge in [0.05, 0.1) is 17.6 Å². The van der Waals surface area contributed by atoms with Gasteiger partial charge in [0.25, 0.3) is 0 Å². The van der Waals surface area contributed by atoms with Crippen molar-refractivity contribution in [1.29, 1.82) is 0 Å². The first kappa shape index (κ1) is 16.9. The number of ether oxygens (including phenoxy) is 1. The van der Waals surface area contributed by atoms with Crippen molar-refractivity contribution < 1.29 is 27.9 Å². The van der Waals surface area contributed by atoms with Crippen molar-refractivity contribution >= 4 is 22.0 Å². The number of carbonyl (C=O) groups is 2. The Balaban J connectivity index is 3.22. The van der Waals surface area contributed by atoms with Crippen LogP contribution in [0.15, 0.2) is 41.8 Å². The molecule has 0 aromatic heterocycles. The summed E-state index contributed by atoms with van der Waals surface area (Å²) in [5.74, 6) is -2.17. The van der Waals surface area contributed by atoms with E-state index in [9.17, 15) is 18.0 Å². The molecular formula is C13H15NO6S. The Morgan fingerprint density at radius 2 is 2.05 bits per heavy atom. The molecule has 0 fully saturated rings. The van der Waals surface area contributed by atoms with Crippen LogP contribution in [-0.4, -0.2) is 38.6 Å². The van der Waals surface area contributed by atoms with E-state index >= 15 is 0 Å². The Labute approximate surface area is 122 Å². The van der Waals surface area contributed by atoms with Crippen LogP contribution in [0.4, 0.5) is 0 Å². The topological polar surface area (TPSA) is 110 Å².